The second-order valence-electron chi connectivity index (χ2n) is 12.0. The molecule has 0 aliphatic heterocycles. The predicted octanol–water partition coefficient (Wildman–Crippen LogP) is 5.91. The predicted molar refractivity (Wildman–Crippen MR) is 133 cm³/mol. The summed E-state index contributed by atoms with van der Waals surface area (Å²) in [5.41, 5.74) is -0.544. The first-order chi connectivity index (χ1) is 17.4. The van der Waals surface area contributed by atoms with Crippen LogP contribution in [-0.2, 0) is 25.7 Å². The Kier molecular flexibility index (Phi) is 5.44. The highest BCUT2D eigenvalue weighted by atomic mass is 79.9. The minimum atomic E-state index is -3.16. The zero-order valence-corrected chi connectivity index (χ0v) is 22.6. The number of esters is 1. The smallest absolute Gasteiger partial charge is 0.322 e. The molecule has 1 aromatic heterocycles. The first-order valence-electron chi connectivity index (χ1n) is 12.8. The highest BCUT2D eigenvalue weighted by Gasteiger charge is 2.76. The number of halogens is 3. The Morgan fingerprint density at radius 1 is 1.11 bits per heavy atom. The van der Waals surface area contributed by atoms with E-state index < -0.39 is 22.6 Å². The van der Waals surface area contributed by atoms with Gasteiger partial charge in [-0.3, -0.25) is 9.59 Å². The van der Waals surface area contributed by atoms with Crippen LogP contribution in [0.4, 0.5) is 14.5 Å². The number of ether oxygens (including phenoxy) is 1. The van der Waals surface area contributed by atoms with Crippen molar-refractivity contribution in [2.45, 2.75) is 76.0 Å². The summed E-state index contributed by atoms with van der Waals surface area (Å²) in [6.07, 6.45) is 6.55. The Labute approximate surface area is 222 Å². The lowest BCUT2D eigenvalue weighted by Gasteiger charge is -2.68. The summed E-state index contributed by atoms with van der Waals surface area (Å²) >= 11 is 3.54. The molecule has 6 aliphatic rings. The number of amides is 1. The van der Waals surface area contributed by atoms with Gasteiger partial charge in [0.2, 0.25) is 5.91 Å². The summed E-state index contributed by atoms with van der Waals surface area (Å²) in [5.74, 6) is -3.53. The average Bonchev–Trinajstić information content (AvgIpc) is 3.34. The van der Waals surface area contributed by atoms with Crippen LogP contribution in [0.15, 0.2) is 33.3 Å². The molecule has 37 heavy (non-hydrogen) atoms. The van der Waals surface area contributed by atoms with E-state index in [9.17, 15) is 18.4 Å². The van der Waals surface area contributed by atoms with Gasteiger partial charge in [-0.2, -0.15) is 13.8 Å². The molecular formula is C27H30BrF2N3O4. The molecular weight excluding hydrogens is 548 g/mol. The van der Waals surface area contributed by atoms with Gasteiger partial charge >= 0.3 is 11.9 Å². The highest BCUT2D eigenvalue weighted by molar-refractivity contribution is 9.10. The van der Waals surface area contributed by atoms with Crippen LogP contribution in [-0.4, -0.2) is 35.7 Å². The molecule has 0 N–H and O–H groups in total. The van der Waals surface area contributed by atoms with Gasteiger partial charge in [0.25, 0.3) is 5.89 Å². The minimum absolute atomic E-state index is 0.0649. The molecule has 6 aliphatic carbocycles. The highest BCUT2D eigenvalue weighted by Crippen LogP contribution is 2.74. The lowest BCUT2D eigenvalue weighted by Crippen LogP contribution is -2.71. The van der Waals surface area contributed by atoms with Gasteiger partial charge in [0.15, 0.2) is 5.82 Å². The van der Waals surface area contributed by atoms with Crippen LogP contribution in [0, 0.1) is 16.2 Å². The van der Waals surface area contributed by atoms with Gasteiger partial charge in [-0.1, -0.05) is 27.2 Å². The monoisotopic (exact) mass is 577 g/mol. The van der Waals surface area contributed by atoms with Gasteiger partial charge in [-0.25, -0.2) is 0 Å². The second kappa shape index (κ2) is 8.07. The Morgan fingerprint density at radius 3 is 2.30 bits per heavy atom. The molecule has 4 bridgehead atoms. The molecule has 8 rings (SSSR count). The fourth-order valence-corrected chi connectivity index (χ4v) is 7.83. The van der Waals surface area contributed by atoms with Crippen molar-refractivity contribution in [2.24, 2.45) is 16.2 Å². The molecule has 198 valence electrons. The van der Waals surface area contributed by atoms with Crippen LogP contribution in [0.5, 0.6) is 0 Å². The number of nitrogens with zero attached hydrogens (tertiary/aromatic N) is 3. The van der Waals surface area contributed by atoms with E-state index in [2.05, 4.69) is 26.1 Å². The summed E-state index contributed by atoms with van der Waals surface area (Å²) in [6.45, 7) is 1.36. The number of carbonyl (C=O) groups is 2. The van der Waals surface area contributed by atoms with Crippen LogP contribution < -0.4 is 4.90 Å². The molecule has 1 heterocycles. The fraction of sp³-hybridized carbons (Fsp3) is 0.630. The molecule has 10 heteroatoms. The minimum Gasteiger partial charge on any atom is -0.469 e. The van der Waals surface area contributed by atoms with E-state index in [0.29, 0.717) is 31.6 Å². The lowest BCUT2D eigenvalue weighted by molar-refractivity contribution is -0.221. The molecule has 1 amide bonds. The van der Waals surface area contributed by atoms with E-state index in [4.69, 9.17) is 9.26 Å². The van der Waals surface area contributed by atoms with Gasteiger partial charge in [0.05, 0.1) is 17.9 Å². The van der Waals surface area contributed by atoms with E-state index in [1.54, 1.807) is 0 Å². The number of carbonyl (C=O) groups excluding carboxylic acids is 2. The summed E-state index contributed by atoms with van der Waals surface area (Å²) in [6, 6.07) is 7.80. The molecule has 6 saturated carbocycles. The molecule has 0 saturated heterocycles. The van der Waals surface area contributed by atoms with Crippen molar-refractivity contribution >= 4 is 33.5 Å². The van der Waals surface area contributed by atoms with E-state index in [1.165, 1.54) is 7.11 Å². The Bertz CT molecular complexity index is 1230. The summed E-state index contributed by atoms with van der Waals surface area (Å²) < 4.78 is 38.2. The van der Waals surface area contributed by atoms with E-state index in [0.717, 1.165) is 55.6 Å². The second-order valence-corrected chi connectivity index (χ2v) is 13.0. The third-order valence-electron chi connectivity index (χ3n) is 9.64. The zero-order valence-electron chi connectivity index (χ0n) is 21.0. The maximum Gasteiger partial charge on any atom is 0.322 e. The maximum absolute atomic E-state index is 14.0. The van der Waals surface area contributed by atoms with E-state index in [1.807, 2.05) is 29.2 Å². The van der Waals surface area contributed by atoms with Crippen LogP contribution in [0.3, 0.4) is 0 Å². The molecule has 7 nitrogen and oxygen atoms in total. The molecule has 0 unspecified atom stereocenters. The SMILES string of the molecule is COC(=O)C12CC(C(=O)N(CC34CCC(c5noc(C(C)(F)F)n5)(CC3)CC4)c3cccc(Br)c3)(C1)C2. The van der Waals surface area contributed by atoms with E-state index >= 15 is 0 Å². The number of methoxy groups -OCH3 is 1. The lowest BCUT2D eigenvalue weighted by atomic mass is 9.34. The molecule has 1 aromatic carbocycles. The van der Waals surface area contributed by atoms with Crippen molar-refractivity contribution in [3.8, 4) is 0 Å². The van der Waals surface area contributed by atoms with Gasteiger partial charge in [-0.15, -0.1) is 0 Å². The standard InChI is InChI=1S/C27H30BrF2N3O4/c1-23(29,30)20-31-19(32-37-20)25-9-6-24(7-10-25,8-11-25)16-33(18-5-3-4-17(28)12-18)21(34)26-13-27(14-26,15-26)22(35)36-2/h3-5,12H,6-11,13-16H2,1-2H3. The Hall–Kier alpha value is -2.36. The van der Waals surface area contributed by atoms with Crippen molar-refractivity contribution in [3.05, 3.63) is 40.5 Å². The van der Waals surface area contributed by atoms with E-state index in [-0.39, 0.29) is 22.7 Å². The normalized spacial score (nSPS) is 33.9. The number of aromatic nitrogens is 2. The van der Waals surface area contributed by atoms with Gasteiger partial charge in [0, 0.05) is 29.0 Å². The van der Waals surface area contributed by atoms with Crippen molar-refractivity contribution in [3.63, 3.8) is 0 Å². The zero-order chi connectivity index (χ0) is 26.3. The summed E-state index contributed by atoms with van der Waals surface area (Å²) in [7, 11) is 1.40. The number of anilines is 1. The topological polar surface area (TPSA) is 85.5 Å². The number of rotatable bonds is 7. The first kappa shape index (κ1) is 24.9. The maximum atomic E-state index is 14.0. The molecule has 6 fully saturated rings. The number of fused-ring (bicyclic) bond motifs is 3. The van der Waals surface area contributed by atoms with Gasteiger partial charge < -0.3 is 14.2 Å². The van der Waals surface area contributed by atoms with Crippen LogP contribution >= 0.6 is 15.9 Å². The quantitative estimate of drug-likeness (QED) is 0.380. The molecule has 0 atom stereocenters. The largest absolute Gasteiger partial charge is 0.469 e. The summed E-state index contributed by atoms with van der Waals surface area (Å²) in [4.78, 5) is 32.3. The van der Waals surface area contributed by atoms with Gasteiger partial charge in [0.1, 0.15) is 0 Å². The molecule has 0 spiro atoms. The number of benzene rings is 1. The molecule has 0 radical (unpaired) electrons. The van der Waals surface area contributed by atoms with Crippen molar-refractivity contribution in [1.82, 2.24) is 10.1 Å². The Balaban J connectivity index is 1.22. The first-order valence-corrected chi connectivity index (χ1v) is 13.6. The molecule has 2 aromatic rings. The number of alkyl halides is 2. The van der Waals surface area contributed by atoms with Crippen LogP contribution in [0.1, 0.15) is 76.4 Å². The Morgan fingerprint density at radius 2 is 1.76 bits per heavy atom. The number of hydrogen-bond donors (Lipinski definition) is 0. The van der Waals surface area contributed by atoms with Crippen molar-refractivity contribution in [1.29, 1.82) is 0 Å². The van der Waals surface area contributed by atoms with Crippen LogP contribution in [0.2, 0.25) is 0 Å². The fourth-order valence-electron chi connectivity index (χ4n) is 7.45. The van der Waals surface area contributed by atoms with Crippen LogP contribution in [0.25, 0.3) is 0 Å². The third-order valence-corrected chi connectivity index (χ3v) is 10.1. The third kappa shape index (κ3) is 3.76. The van der Waals surface area contributed by atoms with Crippen molar-refractivity contribution in [2.75, 3.05) is 18.6 Å². The van der Waals surface area contributed by atoms with Gasteiger partial charge in [-0.05, 0) is 81.4 Å². The summed E-state index contributed by atoms with van der Waals surface area (Å²) in [5, 5.41) is 3.95. The van der Waals surface area contributed by atoms with Crippen molar-refractivity contribution < 1.29 is 27.6 Å². The number of hydrogen-bond acceptors (Lipinski definition) is 6. The average molecular weight is 578 g/mol.